The number of amides is 3. The summed E-state index contributed by atoms with van der Waals surface area (Å²) in [6.07, 6.45) is -0.554. The lowest BCUT2D eigenvalue weighted by Crippen LogP contribution is -2.46. The fraction of sp³-hybridized carbons (Fsp3) is 0.318. The molecule has 2 atom stereocenters. The second kappa shape index (κ2) is 8.86. The van der Waals surface area contributed by atoms with Crippen LogP contribution in [0.25, 0.3) is 0 Å². The Bertz CT molecular complexity index is 933. The number of para-hydroxylation sites is 3. The lowest BCUT2D eigenvalue weighted by molar-refractivity contribution is -0.130. The third-order valence-electron chi connectivity index (χ3n) is 5.09. The fourth-order valence-electron chi connectivity index (χ4n) is 3.52. The number of carbonyl (C=O) groups excluding carboxylic acids is 3. The van der Waals surface area contributed by atoms with Gasteiger partial charge in [0.05, 0.1) is 5.92 Å². The molecule has 1 fully saturated rings. The van der Waals surface area contributed by atoms with Gasteiger partial charge in [-0.05, 0) is 24.3 Å². The second-order valence-corrected chi connectivity index (χ2v) is 7.19. The normalized spacial score (nSPS) is 20.0. The van der Waals surface area contributed by atoms with Gasteiger partial charge in [-0.1, -0.05) is 30.3 Å². The highest BCUT2D eigenvalue weighted by Crippen LogP contribution is 2.30. The maximum absolute atomic E-state index is 12.4. The zero-order chi connectivity index (χ0) is 20.9. The first kappa shape index (κ1) is 19.8. The monoisotopic (exact) mass is 409 g/mol. The van der Waals surface area contributed by atoms with Gasteiger partial charge in [-0.2, -0.15) is 0 Å². The Balaban J connectivity index is 1.19. The molecule has 2 aromatic rings. The summed E-state index contributed by atoms with van der Waals surface area (Å²) >= 11 is 0. The zero-order valence-corrected chi connectivity index (χ0v) is 16.4. The largest absolute Gasteiger partial charge is 0.485 e. The molecule has 0 aliphatic carbocycles. The molecule has 2 aromatic carbocycles. The number of rotatable bonds is 6. The fourth-order valence-corrected chi connectivity index (χ4v) is 3.52. The van der Waals surface area contributed by atoms with Crippen molar-refractivity contribution in [3.63, 3.8) is 0 Å². The van der Waals surface area contributed by atoms with Crippen LogP contribution < -0.4 is 25.0 Å². The summed E-state index contributed by atoms with van der Waals surface area (Å²) in [5, 5.41) is 5.52. The van der Waals surface area contributed by atoms with E-state index >= 15 is 0 Å². The van der Waals surface area contributed by atoms with Crippen LogP contribution in [0, 0.1) is 5.92 Å². The van der Waals surface area contributed by atoms with Gasteiger partial charge in [-0.25, -0.2) is 0 Å². The highest BCUT2D eigenvalue weighted by atomic mass is 16.6. The predicted molar refractivity (Wildman–Crippen MR) is 109 cm³/mol. The van der Waals surface area contributed by atoms with Crippen LogP contribution in [0.1, 0.15) is 6.42 Å². The number of hydrogen-bond donors (Lipinski definition) is 2. The minimum Gasteiger partial charge on any atom is -0.485 e. The van der Waals surface area contributed by atoms with E-state index in [1.807, 2.05) is 42.5 Å². The highest BCUT2D eigenvalue weighted by molar-refractivity contribution is 6.00. The minimum atomic E-state index is -0.734. The Hall–Kier alpha value is -3.55. The molecule has 1 saturated heterocycles. The molecule has 8 nitrogen and oxygen atoms in total. The topological polar surface area (TPSA) is 97.0 Å². The van der Waals surface area contributed by atoms with E-state index in [0.717, 1.165) is 5.69 Å². The number of benzene rings is 2. The first-order valence-corrected chi connectivity index (χ1v) is 9.91. The third-order valence-corrected chi connectivity index (χ3v) is 5.09. The molecule has 0 bridgehead atoms. The Labute approximate surface area is 174 Å². The summed E-state index contributed by atoms with van der Waals surface area (Å²) in [6, 6.07) is 16.5. The van der Waals surface area contributed by atoms with Crippen molar-refractivity contribution in [2.24, 2.45) is 5.92 Å². The van der Waals surface area contributed by atoms with Crippen molar-refractivity contribution in [2.75, 3.05) is 31.1 Å². The van der Waals surface area contributed by atoms with E-state index in [-0.39, 0.29) is 43.8 Å². The number of anilines is 1. The molecule has 3 amide bonds. The molecule has 0 radical (unpaired) electrons. The Kier molecular flexibility index (Phi) is 5.83. The first-order chi connectivity index (χ1) is 14.6. The van der Waals surface area contributed by atoms with Gasteiger partial charge in [0.2, 0.25) is 17.9 Å². The van der Waals surface area contributed by atoms with E-state index < -0.39 is 12.0 Å². The maximum atomic E-state index is 12.4. The van der Waals surface area contributed by atoms with Gasteiger partial charge >= 0.3 is 0 Å². The maximum Gasteiger partial charge on any atom is 0.264 e. The molecule has 2 heterocycles. The van der Waals surface area contributed by atoms with Crippen LogP contribution >= 0.6 is 0 Å². The summed E-state index contributed by atoms with van der Waals surface area (Å²) in [6.45, 7) is 1.02. The van der Waals surface area contributed by atoms with Gasteiger partial charge in [0.25, 0.3) is 5.91 Å². The van der Waals surface area contributed by atoms with Crippen molar-refractivity contribution >= 4 is 23.4 Å². The van der Waals surface area contributed by atoms with E-state index in [9.17, 15) is 14.4 Å². The van der Waals surface area contributed by atoms with Crippen molar-refractivity contribution in [3.05, 3.63) is 54.6 Å². The van der Waals surface area contributed by atoms with E-state index in [1.54, 1.807) is 17.0 Å². The van der Waals surface area contributed by atoms with Crippen LogP contribution in [0.4, 0.5) is 5.69 Å². The minimum absolute atomic E-state index is 0.0654. The highest BCUT2D eigenvalue weighted by Gasteiger charge is 2.35. The average molecular weight is 409 g/mol. The molecule has 0 spiro atoms. The Morgan fingerprint density at radius 3 is 2.37 bits per heavy atom. The SMILES string of the molecule is O=C(NCCNC(=O)C1COc2ccccc2O1)C1CC(=O)N(c2ccccc2)C1. The standard InChI is InChI=1S/C22H23N3O5/c26-20-12-15(13-25(20)16-6-2-1-3-7-16)21(27)23-10-11-24-22(28)19-14-29-17-8-4-5-9-18(17)30-19/h1-9,15,19H,10-14H2,(H,23,27)(H,24,28). The van der Waals surface area contributed by atoms with E-state index in [1.165, 1.54) is 0 Å². The van der Waals surface area contributed by atoms with Crippen LogP contribution in [-0.2, 0) is 14.4 Å². The molecule has 2 aliphatic heterocycles. The smallest absolute Gasteiger partial charge is 0.264 e. The number of nitrogens with zero attached hydrogens (tertiary/aromatic N) is 1. The first-order valence-electron chi connectivity index (χ1n) is 9.91. The summed E-state index contributed by atoms with van der Waals surface area (Å²) in [7, 11) is 0. The second-order valence-electron chi connectivity index (χ2n) is 7.19. The Morgan fingerprint density at radius 1 is 0.933 bits per heavy atom. The average Bonchev–Trinajstić information content (AvgIpc) is 3.18. The van der Waals surface area contributed by atoms with Crippen LogP contribution in [0.2, 0.25) is 0 Å². The molecule has 0 saturated carbocycles. The van der Waals surface area contributed by atoms with Crippen LogP contribution in [-0.4, -0.2) is 50.1 Å². The molecule has 2 aliphatic rings. The third kappa shape index (κ3) is 4.37. The van der Waals surface area contributed by atoms with Crippen LogP contribution in [0.5, 0.6) is 11.5 Å². The summed E-state index contributed by atoms with van der Waals surface area (Å²) < 4.78 is 11.2. The Morgan fingerprint density at radius 2 is 1.60 bits per heavy atom. The molecule has 30 heavy (non-hydrogen) atoms. The summed E-state index contributed by atoms with van der Waals surface area (Å²) in [4.78, 5) is 38.5. The van der Waals surface area contributed by atoms with Crippen molar-refractivity contribution < 1.29 is 23.9 Å². The number of carbonyl (C=O) groups is 3. The van der Waals surface area contributed by atoms with E-state index in [4.69, 9.17) is 9.47 Å². The molecule has 4 rings (SSSR count). The molecule has 0 aromatic heterocycles. The number of nitrogens with one attached hydrogen (secondary N) is 2. The molecular weight excluding hydrogens is 386 g/mol. The summed E-state index contributed by atoms with van der Waals surface area (Å²) in [5.41, 5.74) is 0.793. The molecule has 2 N–H and O–H groups in total. The van der Waals surface area contributed by atoms with Gasteiger partial charge in [-0.3, -0.25) is 14.4 Å². The van der Waals surface area contributed by atoms with Gasteiger partial charge in [0, 0.05) is 31.7 Å². The van der Waals surface area contributed by atoms with Gasteiger partial charge in [0.15, 0.2) is 11.5 Å². The van der Waals surface area contributed by atoms with E-state index in [0.29, 0.717) is 18.0 Å². The number of ether oxygens (including phenoxy) is 2. The lowest BCUT2D eigenvalue weighted by Gasteiger charge is -2.25. The van der Waals surface area contributed by atoms with Gasteiger partial charge in [-0.15, -0.1) is 0 Å². The van der Waals surface area contributed by atoms with Crippen LogP contribution in [0.15, 0.2) is 54.6 Å². The van der Waals surface area contributed by atoms with Crippen molar-refractivity contribution in [1.82, 2.24) is 10.6 Å². The van der Waals surface area contributed by atoms with Crippen molar-refractivity contribution in [3.8, 4) is 11.5 Å². The van der Waals surface area contributed by atoms with Crippen LogP contribution in [0.3, 0.4) is 0 Å². The quantitative estimate of drug-likeness (QED) is 0.697. The van der Waals surface area contributed by atoms with Crippen molar-refractivity contribution in [1.29, 1.82) is 0 Å². The zero-order valence-electron chi connectivity index (χ0n) is 16.4. The van der Waals surface area contributed by atoms with Gasteiger partial charge < -0.3 is 25.0 Å². The summed E-state index contributed by atoms with van der Waals surface area (Å²) in [5.74, 6) is 0.187. The molecular formula is C22H23N3O5. The molecule has 2 unspecified atom stereocenters. The lowest BCUT2D eigenvalue weighted by atomic mass is 10.1. The van der Waals surface area contributed by atoms with Crippen molar-refractivity contribution in [2.45, 2.75) is 12.5 Å². The predicted octanol–water partition coefficient (Wildman–Crippen LogP) is 1.11. The molecule has 156 valence electrons. The molecule has 8 heteroatoms. The van der Waals surface area contributed by atoms with Gasteiger partial charge in [0.1, 0.15) is 6.61 Å². The number of hydrogen-bond acceptors (Lipinski definition) is 5. The van der Waals surface area contributed by atoms with E-state index in [2.05, 4.69) is 10.6 Å². The number of fused-ring (bicyclic) bond motifs is 1.